The predicted molar refractivity (Wildman–Crippen MR) is 109 cm³/mol. The zero-order valence-corrected chi connectivity index (χ0v) is 18.5. The molecular formula is C24H39NO3. The Morgan fingerprint density at radius 1 is 1.11 bits per heavy atom. The van der Waals surface area contributed by atoms with E-state index in [1.165, 1.54) is 45.4 Å². The van der Waals surface area contributed by atoms with E-state index in [1.54, 1.807) is 0 Å². The van der Waals surface area contributed by atoms with Crippen LogP contribution in [-0.2, 0) is 14.3 Å². The van der Waals surface area contributed by atoms with E-state index >= 15 is 0 Å². The molecule has 3 saturated carbocycles. The number of ether oxygens (including phenoxy) is 1. The Bertz CT molecular complexity index is 648. The number of carbonyl (C=O) groups is 2. The van der Waals surface area contributed by atoms with Crippen LogP contribution in [0.4, 0.5) is 0 Å². The van der Waals surface area contributed by atoms with Crippen molar-refractivity contribution in [2.75, 3.05) is 13.7 Å². The van der Waals surface area contributed by atoms with Crippen molar-refractivity contribution in [3.63, 3.8) is 0 Å². The number of piperidine rings is 1. The summed E-state index contributed by atoms with van der Waals surface area (Å²) < 4.78 is 5.38. The molecule has 1 unspecified atom stereocenters. The Balaban J connectivity index is 1.53. The van der Waals surface area contributed by atoms with Crippen molar-refractivity contribution in [1.82, 2.24) is 4.90 Å². The van der Waals surface area contributed by atoms with E-state index in [2.05, 4.69) is 25.7 Å². The molecule has 1 saturated heterocycles. The highest BCUT2D eigenvalue weighted by molar-refractivity contribution is 5.77. The molecule has 4 aliphatic rings. The number of likely N-dealkylation sites (tertiary alicyclic amines) is 1. The van der Waals surface area contributed by atoms with Gasteiger partial charge in [-0.3, -0.25) is 9.59 Å². The average Bonchev–Trinajstić information content (AvgIpc) is 3.00. The first-order valence-electron chi connectivity index (χ1n) is 11.6. The van der Waals surface area contributed by atoms with Gasteiger partial charge in [-0.25, -0.2) is 0 Å². The van der Waals surface area contributed by atoms with Gasteiger partial charge >= 0.3 is 5.97 Å². The molecule has 0 aromatic heterocycles. The van der Waals surface area contributed by atoms with E-state index < -0.39 is 0 Å². The summed E-state index contributed by atoms with van der Waals surface area (Å²) in [6.45, 7) is 9.41. The van der Waals surface area contributed by atoms with Gasteiger partial charge in [0.05, 0.1) is 6.61 Å². The minimum Gasteiger partial charge on any atom is -0.466 e. The lowest BCUT2D eigenvalue weighted by Crippen LogP contribution is -2.61. The lowest BCUT2D eigenvalue weighted by atomic mass is 9.46. The second-order valence-corrected chi connectivity index (χ2v) is 11.0. The maximum absolute atomic E-state index is 12.3. The maximum Gasteiger partial charge on any atom is 0.302 e. The standard InChI is InChI=1S/C24H39NO3/c1-15(14-28-16(2)26)18-7-8-19-17-6-9-21-24(4,13-11-22(27)25(21)5)20(17)10-12-23(18,19)3/h15,17-21H,6-14H2,1-5H3/t15?,17-,18+,19-,20-,21+,23+,24+/m0/s1. The molecule has 28 heavy (non-hydrogen) atoms. The van der Waals surface area contributed by atoms with E-state index in [1.807, 2.05) is 7.05 Å². The van der Waals surface area contributed by atoms with Crippen molar-refractivity contribution in [2.24, 2.45) is 40.4 Å². The van der Waals surface area contributed by atoms with Crippen molar-refractivity contribution >= 4 is 11.9 Å². The Hall–Kier alpha value is -1.06. The Morgan fingerprint density at radius 3 is 2.54 bits per heavy atom. The number of hydrogen-bond donors (Lipinski definition) is 0. The average molecular weight is 390 g/mol. The topological polar surface area (TPSA) is 46.6 Å². The lowest BCUT2D eigenvalue weighted by molar-refractivity contribution is -0.159. The first kappa shape index (κ1) is 20.2. The molecule has 4 fully saturated rings. The Kier molecular flexibility index (Phi) is 5.07. The molecule has 1 aliphatic heterocycles. The maximum atomic E-state index is 12.3. The highest BCUT2D eigenvalue weighted by Crippen LogP contribution is 2.67. The number of esters is 1. The van der Waals surface area contributed by atoms with Gasteiger partial charge in [0.2, 0.25) is 5.91 Å². The Morgan fingerprint density at radius 2 is 1.82 bits per heavy atom. The number of fused-ring (bicyclic) bond motifs is 5. The first-order chi connectivity index (χ1) is 13.2. The van der Waals surface area contributed by atoms with Crippen LogP contribution >= 0.6 is 0 Å². The van der Waals surface area contributed by atoms with Gasteiger partial charge in [-0.05, 0) is 85.4 Å². The van der Waals surface area contributed by atoms with Gasteiger partial charge in [0.15, 0.2) is 0 Å². The van der Waals surface area contributed by atoms with Crippen LogP contribution in [0.5, 0.6) is 0 Å². The van der Waals surface area contributed by atoms with Crippen LogP contribution in [0.1, 0.15) is 79.1 Å². The third kappa shape index (κ3) is 2.92. The zero-order valence-electron chi connectivity index (χ0n) is 18.5. The van der Waals surface area contributed by atoms with Gasteiger partial charge in [-0.2, -0.15) is 0 Å². The summed E-state index contributed by atoms with van der Waals surface area (Å²) in [5.74, 6) is 3.69. The SMILES string of the molecule is CC(=O)OCC(C)[C@H]1CC[C@H]2[C@@H]3CC[C@H]4N(C)C(=O)CC[C@]4(C)[C@H]3CC[C@]12C. The van der Waals surface area contributed by atoms with E-state index in [0.29, 0.717) is 41.2 Å². The summed E-state index contributed by atoms with van der Waals surface area (Å²) >= 11 is 0. The van der Waals surface area contributed by atoms with E-state index in [9.17, 15) is 9.59 Å². The van der Waals surface area contributed by atoms with Gasteiger partial charge in [0.1, 0.15) is 0 Å². The summed E-state index contributed by atoms with van der Waals surface area (Å²) in [5.41, 5.74) is 0.689. The fraction of sp³-hybridized carbons (Fsp3) is 0.917. The molecule has 1 amide bonds. The summed E-state index contributed by atoms with van der Waals surface area (Å²) in [6, 6.07) is 0.444. The van der Waals surface area contributed by atoms with Gasteiger partial charge in [0, 0.05) is 26.4 Å². The van der Waals surface area contributed by atoms with Crippen LogP contribution in [0.25, 0.3) is 0 Å². The molecular weight excluding hydrogens is 350 g/mol. The normalized spacial score (nSPS) is 46.4. The minimum atomic E-state index is -0.155. The summed E-state index contributed by atoms with van der Waals surface area (Å²) in [4.78, 5) is 25.7. The summed E-state index contributed by atoms with van der Waals surface area (Å²) in [7, 11) is 2.04. The second-order valence-electron chi connectivity index (χ2n) is 11.0. The number of rotatable bonds is 3. The largest absolute Gasteiger partial charge is 0.466 e. The van der Waals surface area contributed by atoms with E-state index in [4.69, 9.17) is 4.74 Å². The Labute approximate surface area is 170 Å². The molecule has 158 valence electrons. The van der Waals surface area contributed by atoms with Gasteiger partial charge in [-0.1, -0.05) is 20.8 Å². The highest BCUT2D eigenvalue weighted by Gasteiger charge is 2.61. The van der Waals surface area contributed by atoms with Crippen molar-refractivity contribution in [3.8, 4) is 0 Å². The quantitative estimate of drug-likeness (QED) is 0.659. The number of hydrogen-bond acceptors (Lipinski definition) is 3. The fourth-order valence-corrected chi connectivity index (χ4v) is 8.49. The van der Waals surface area contributed by atoms with Crippen molar-refractivity contribution in [1.29, 1.82) is 0 Å². The zero-order chi connectivity index (χ0) is 20.3. The molecule has 4 heteroatoms. The van der Waals surface area contributed by atoms with Crippen molar-refractivity contribution in [3.05, 3.63) is 0 Å². The molecule has 8 atom stereocenters. The molecule has 0 N–H and O–H groups in total. The molecule has 4 nitrogen and oxygen atoms in total. The molecule has 0 spiro atoms. The lowest BCUT2D eigenvalue weighted by Gasteiger charge is -2.62. The number of nitrogens with zero attached hydrogens (tertiary/aromatic N) is 1. The van der Waals surface area contributed by atoms with Gasteiger partial charge in [0.25, 0.3) is 0 Å². The third-order valence-electron chi connectivity index (χ3n) is 9.87. The van der Waals surface area contributed by atoms with Crippen LogP contribution < -0.4 is 0 Å². The van der Waals surface area contributed by atoms with Crippen LogP contribution in [0.2, 0.25) is 0 Å². The number of carbonyl (C=O) groups excluding carboxylic acids is 2. The molecule has 0 radical (unpaired) electrons. The molecule has 0 aromatic carbocycles. The second kappa shape index (κ2) is 7.02. The molecule has 0 aromatic rings. The minimum absolute atomic E-state index is 0.155. The van der Waals surface area contributed by atoms with Crippen molar-refractivity contribution < 1.29 is 14.3 Å². The monoisotopic (exact) mass is 389 g/mol. The number of amides is 1. The van der Waals surface area contributed by atoms with E-state index in [0.717, 1.165) is 30.6 Å². The first-order valence-corrected chi connectivity index (χ1v) is 11.6. The van der Waals surface area contributed by atoms with Crippen LogP contribution in [-0.4, -0.2) is 36.5 Å². The van der Waals surface area contributed by atoms with Gasteiger partial charge in [-0.15, -0.1) is 0 Å². The highest BCUT2D eigenvalue weighted by atomic mass is 16.5. The van der Waals surface area contributed by atoms with Crippen LogP contribution in [0.15, 0.2) is 0 Å². The molecule has 0 bridgehead atoms. The third-order valence-corrected chi connectivity index (χ3v) is 9.87. The molecule has 1 heterocycles. The summed E-state index contributed by atoms with van der Waals surface area (Å²) in [5, 5.41) is 0. The fourth-order valence-electron chi connectivity index (χ4n) is 8.49. The van der Waals surface area contributed by atoms with Crippen LogP contribution in [0, 0.1) is 40.4 Å². The van der Waals surface area contributed by atoms with Crippen molar-refractivity contribution in [2.45, 2.75) is 85.1 Å². The van der Waals surface area contributed by atoms with E-state index in [-0.39, 0.29) is 5.97 Å². The molecule has 4 rings (SSSR count). The smallest absolute Gasteiger partial charge is 0.302 e. The molecule has 3 aliphatic carbocycles. The van der Waals surface area contributed by atoms with Gasteiger partial charge < -0.3 is 9.64 Å². The summed E-state index contributed by atoms with van der Waals surface area (Å²) in [6.07, 6.45) is 9.51. The van der Waals surface area contributed by atoms with Crippen LogP contribution in [0.3, 0.4) is 0 Å². The predicted octanol–water partition coefficient (Wildman–Crippen LogP) is 4.67.